The van der Waals surface area contributed by atoms with Gasteiger partial charge in [-0.3, -0.25) is 9.12 Å². The molecule has 6 nitrogen and oxygen atoms in total. The fourth-order valence-electron chi connectivity index (χ4n) is 3.27. The Bertz CT molecular complexity index is 1370. The first-order chi connectivity index (χ1) is 14.7. The minimum absolute atomic E-state index is 0.209. The lowest BCUT2D eigenvalue weighted by atomic mass is 10.1. The van der Waals surface area contributed by atoms with E-state index in [1.54, 1.807) is 72.2 Å². The molecule has 0 aliphatic rings. The van der Waals surface area contributed by atoms with Crippen LogP contribution in [-0.2, 0) is 10.0 Å². The molecule has 0 aliphatic carbocycles. The van der Waals surface area contributed by atoms with E-state index in [1.165, 1.54) is 0 Å². The van der Waals surface area contributed by atoms with Gasteiger partial charge in [0.15, 0.2) is 4.96 Å². The number of anilines is 1. The number of nitrogens with one attached hydrogen (secondary N) is 1. The molecule has 8 heteroatoms. The summed E-state index contributed by atoms with van der Waals surface area (Å²) < 4.78 is 29.8. The van der Waals surface area contributed by atoms with Gasteiger partial charge in [0.1, 0.15) is 6.10 Å². The van der Waals surface area contributed by atoms with E-state index in [-0.39, 0.29) is 4.90 Å². The SMILES string of the molecule is Cc1ccc(S(=O)(=O)Nc2cccc(/C=C/C(O)c3cnc4sc(C)c(C)n34)c2)cc1. The summed E-state index contributed by atoms with van der Waals surface area (Å²) in [6.07, 6.45) is 4.28. The summed E-state index contributed by atoms with van der Waals surface area (Å²) in [5.41, 5.74) is 3.97. The summed E-state index contributed by atoms with van der Waals surface area (Å²) in [6.45, 7) is 5.94. The molecule has 0 amide bonds. The third-order valence-electron chi connectivity index (χ3n) is 5.09. The summed E-state index contributed by atoms with van der Waals surface area (Å²) in [5.74, 6) is 0. The number of sulfonamides is 1. The maximum absolute atomic E-state index is 12.6. The molecule has 2 aromatic carbocycles. The zero-order valence-corrected chi connectivity index (χ0v) is 19.0. The molecule has 160 valence electrons. The van der Waals surface area contributed by atoms with E-state index in [1.807, 2.05) is 31.2 Å². The maximum Gasteiger partial charge on any atom is 0.261 e. The van der Waals surface area contributed by atoms with Crippen molar-refractivity contribution in [2.75, 3.05) is 4.72 Å². The summed E-state index contributed by atoms with van der Waals surface area (Å²) in [6, 6.07) is 13.7. The van der Waals surface area contributed by atoms with Crippen LogP contribution < -0.4 is 4.72 Å². The third-order valence-corrected chi connectivity index (χ3v) is 7.56. The normalized spacial score (nSPS) is 13.2. The van der Waals surface area contributed by atoms with Crippen LogP contribution in [0.2, 0.25) is 0 Å². The van der Waals surface area contributed by atoms with Crippen molar-refractivity contribution in [3.05, 3.63) is 88.2 Å². The lowest BCUT2D eigenvalue weighted by Crippen LogP contribution is -2.12. The van der Waals surface area contributed by atoms with Gasteiger partial charge >= 0.3 is 0 Å². The Morgan fingerprint density at radius 1 is 1.13 bits per heavy atom. The third kappa shape index (κ3) is 4.41. The number of benzene rings is 2. The van der Waals surface area contributed by atoms with Crippen LogP contribution in [0.3, 0.4) is 0 Å². The van der Waals surface area contributed by atoms with Crippen LogP contribution in [0.1, 0.15) is 33.5 Å². The second-order valence-corrected chi connectivity index (χ2v) is 10.3. The highest BCUT2D eigenvalue weighted by atomic mass is 32.2. The van der Waals surface area contributed by atoms with Crippen LogP contribution >= 0.6 is 11.3 Å². The van der Waals surface area contributed by atoms with Gasteiger partial charge in [-0.25, -0.2) is 13.4 Å². The molecule has 4 aromatic rings. The number of nitrogens with zero attached hydrogens (tertiary/aromatic N) is 2. The Kier molecular flexibility index (Phi) is 5.70. The summed E-state index contributed by atoms with van der Waals surface area (Å²) in [4.78, 5) is 6.60. The molecule has 2 aromatic heterocycles. The first-order valence-electron chi connectivity index (χ1n) is 9.74. The van der Waals surface area contributed by atoms with Crippen LogP contribution in [0.25, 0.3) is 11.0 Å². The van der Waals surface area contributed by atoms with Gasteiger partial charge in [-0.15, -0.1) is 11.3 Å². The highest BCUT2D eigenvalue weighted by molar-refractivity contribution is 7.92. The Morgan fingerprint density at radius 2 is 1.87 bits per heavy atom. The largest absolute Gasteiger partial charge is 0.383 e. The number of aliphatic hydroxyl groups excluding tert-OH is 1. The maximum atomic E-state index is 12.6. The van der Waals surface area contributed by atoms with Crippen molar-refractivity contribution >= 4 is 38.1 Å². The lowest BCUT2D eigenvalue weighted by Gasteiger charge is -2.09. The Hall–Kier alpha value is -2.94. The number of aromatic nitrogens is 2. The summed E-state index contributed by atoms with van der Waals surface area (Å²) in [5, 5.41) is 10.7. The van der Waals surface area contributed by atoms with Crippen molar-refractivity contribution in [2.45, 2.75) is 31.8 Å². The summed E-state index contributed by atoms with van der Waals surface area (Å²) >= 11 is 1.59. The van der Waals surface area contributed by atoms with E-state index in [0.717, 1.165) is 26.7 Å². The Labute approximate surface area is 185 Å². The van der Waals surface area contributed by atoms with Gasteiger partial charge in [-0.2, -0.15) is 0 Å². The molecule has 0 saturated carbocycles. The van der Waals surface area contributed by atoms with E-state index < -0.39 is 16.1 Å². The van der Waals surface area contributed by atoms with Gasteiger partial charge in [-0.1, -0.05) is 35.9 Å². The van der Waals surface area contributed by atoms with E-state index in [2.05, 4.69) is 9.71 Å². The van der Waals surface area contributed by atoms with Gasteiger partial charge in [0.2, 0.25) is 0 Å². The topological polar surface area (TPSA) is 83.7 Å². The van der Waals surface area contributed by atoms with Crippen molar-refractivity contribution in [1.82, 2.24) is 9.38 Å². The van der Waals surface area contributed by atoms with E-state index in [4.69, 9.17) is 0 Å². The zero-order chi connectivity index (χ0) is 22.2. The molecule has 0 fully saturated rings. The minimum Gasteiger partial charge on any atom is -0.383 e. The summed E-state index contributed by atoms with van der Waals surface area (Å²) in [7, 11) is -3.67. The number of imidazole rings is 1. The predicted octanol–water partition coefficient (Wildman–Crippen LogP) is 4.87. The molecule has 2 N–H and O–H groups in total. The van der Waals surface area contributed by atoms with Crippen LogP contribution in [0.15, 0.2) is 65.7 Å². The highest BCUT2D eigenvalue weighted by Gasteiger charge is 2.16. The first-order valence-corrected chi connectivity index (χ1v) is 12.0. The minimum atomic E-state index is -3.67. The number of hydrogen-bond acceptors (Lipinski definition) is 5. The number of hydrogen-bond donors (Lipinski definition) is 2. The predicted molar refractivity (Wildman–Crippen MR) is 125 cm³/mol. The second-order valence-electron chi connectivity index (χ2n) is 7.39. The smallest absolute Gasteiger partial charge is 0.261 e. The number of aliphatic hydroxyl groups is 1. The molecule has 0 aliphatic heterocycles. The fraction of sp³-hybridized carbons (Fsp3) is 0.174. The quantitative estimate of drug-likeness (QED) is 0.436. The molecular weight excluding hydrogens is 430 g/mol. The van der Waals surface area contributed by atoms with Gasteiger partial charge < -0.3 is 5.11 Å². The van der Waals surface area contributed by atoms with Crippen molar-refractivity contribution in [3.63, 3.8) is 0 Å². The van der Waals surface area contributed by atoms with E-state index in [9.17, 15) is 13.5 Å². The Morgan fingerprint density at radius 3 is 2.61 bits per heavy atom. The van der Waals surface area contributed by atoms with Crippen molar-refractivity contribution < 1.29 is 13.5 Å². The van der Waals surface area contributed by atoms with E-state index in [0.29, 0.717) is 11.4 Å². The van der Waals surface area contributed by atoms with Crippen LogP contribution in [-0.4, -0.2) is 22.9 Å². The van der Waals surface area contributed by atoms with Crippen molar-refractivity contribution in [3.8, 4) is 0 Å². The second kappa shape index (κ2) is 8.30. The average molecular weight is 454 g/mol. The van der Waals surface area contributed by atoms with Crippen molar-refractivity contribution in [2.24, 2.45) is 0 Å². The van der Waals surface area contributed by atoms with Gasteiger partial charge in [0.25, 0.3) is 10.0 Å². The van der Waals surface area contributed by atoms with E-state index >= 15 is 0 Å². The molecule has 2 heterocycles. The van der Waals surface area contributed by atoms with Crippen molar-refractivity contribution in [1.29, 1.82) is 0 Å². The number of rotatable bonds is 6. The standard InChI is InChI=1S/C23H23N3O3S2/c1-15-7-10-20(11-8-15)31(28,29)25-19-6-4-5-18(13-19)9-12-22(27)21-14-24-23-26(21)16(2)17(3)30-23/h4-14,22,25,27H,1-3H3/b12-9+. The van der Waals surface area contributed by atoms with Gasteiger partial charge in [0.05, 0.1) is 16.8 Å². The molecule has 4 rings (SSSR count). The number of fused-ring (bicyclic) bond motifs is 1. The first kappa shape index (κ1) is 21.3. The lowest BCUT2D eigenvalue weighted by molar-refractivity contribution is 0.223. The van der Waals surface area contributed by atoms with Gasteiger partial charge in [-0.05, 0) is 56.7 Å². The molecule has 0 bridgehead atoms. The zero-order valence-electron chi connectivity index (χ0n) is 17.4. The Balaban J connectivity index is 1.54. The van der Waals surface area contributed by atoms with Gasteiger partial charge in [0, 0.05) is 16.3 Å². The fourth-order valence-corrected chi connectivity index (χ4v) is 5.27. The number of thiazole rings is 1. The number of aryl methyl sites for hydroxylation is 3. The molecule has 1 unspecified atom stereocenters. The highest BCUT2D eigenvalue weighted by Crippen LogP contribution is 2.27. The monoisotopic (exact) mass is 453 g/mol. The molecule has 1 atom stereocenters. The van der Waals surface area contributed by atoms with Crippen LogP contribution in [0.5, 0.6) is 0 Å². The molecule has 0 spiro atoms. The molecule has 0 radical (unpaired) electrons. The molecule has 0 saturated heterocycles. The average Bonchev–Trinajstić information content (AvgIpc) is 3.26. The molecule has 31 heavy (non-hydrogen) atoms. The molecular formula is C23H23N3O3S2. The van der Waals surface area contributed by atoms with Crippen LogP contribution in [0, 0.1) is 20.8 Å². The van der Waals surface area contributed by atoms with Crippen LogP contribution in [0.4, 0.5) is 5.69 Å².